The Morgan fingerprint density at radius 3 is 2.48 bits per heavy atom. The predicted molar refractivity (Wildman–Crippen MR) is 103 cm³/mol. The van der Waals surface area contributed by atoms with E-state index in [0.29, 0.717) is 24.1 Å². The molecular weight excluding hydrogens is 360 g/mol. The number of thioether (sulfide) groups is 1. The van der Waals surface area contributed by atoms with E-state index in [1.54, 1.807) is 4.90 Å². The van der Waals surface area contributed by atoms with Crippen LogP contribution in [0.5, 0.6) is 0 Å². The maximum absolute atomic E-state index is 12.6. The summed E-state index contributed by atoms with van der Waals surface area (Å²) in [5, 5.41) is 17.3. The Morgan fingerprint density at radius 1 is 1.07 bits per heavy atom. The molecule has 0 bridgehead atoms. The normalized spacial score (nSPS) is 10.3. The fourth-order valence-corrected chi connectivity index (χ4v) is 3.16. The summed E-state index contributed by atoms with van der Waals surface area (Å²) < 4.78 is 5.62. The van der Waals surface area contributed by atoms with E-state index in [0.717, 1.165) is 11.3 Å². The topological polar surface area (TPSA) is 83.0 Å². The summed E-state index contributed by atoms with van der Waals surface area (Å²) in [5.41, 5.74) is 1.86. The molecule has 0 aliphatic carbocycles. The van der Waals surface area contributed by atoms with Crippen LogP contribution >= 0.6 is 11.8 Å². The molecule has 2 aromatic carbocycles. The summed E-state index contributed by atoms with van der Waals surface area (Å²) in [4.78, 5) is 14.2. The first-order chi connectivity index (χ1) is 13.3. The smallest absolute Gasteiger partial charge is 0.277 e. The molecule has 136 valence electrons. The van der Waals surface area contributed by atoms with Gasteiger partial charge in [0, 0.05) is 12.2 Å². The first-order valence-corrected chi connectivity index (χ1v) is 9.46. The zero-order valence-corrected chi connectivity index (χ0v) is 15.4. The highest BCUT2D eigenvalue weighted by atomic mass is 32.2. The van der Waals surface area contributed by atoms with Crippen LogP contribution in [0.3, 0.4) is 0 Å². The van der Waals surface area contributed by atoms with Crippen molar-refractivity contribution < 1.29 is 9.21 Å². The van der Waals surface area contributed by atoms with Gasteiger partial charge in [0.2, 0.25) is 11.8 Å². The van der Waals surface area contributed by atoms with Crippen molar-refractivity contribution in [2.75, 3.05) is 17.2 Å². The van der Waals surface area contributed by atoms with Crippen molar-refractivity contribution in [3.8, 4) is 6.07 Å². The summed E-state index contributed by atoms with van der Waals surface area (Å²) in [6.07, 6.45) is 0.827. The summed E-state index contributed by atoms with van der Waals surface area (Å²) in [6, 6.07) is 21.3. The standard InChI is InChI=1S/C20H18N4O2S/c21-12-7-13-24(17-10-5-2-6-11-17)19(25)15-27-20-23-22-18(26-20)14-16-8-3-1-4-9-16/h1-6,8-11H,7,13-15H2. The number of nitriles is 1. The zero-order valence-electron chi connectivity index (χ0n) is 14.6. The van der Waals surface area contributed by atoms with Crippen LogP contribution in [0.1, 0.15) is 17.9 Å². The van der Waals surface area contributed by atoms with Crippen LogP contribution in [-0.4, -0.2) is 28.4 Å². The third-order valence-electron chi connectivity index (χ3n) is 3.78. The molecule has 0 spiro atoms. The van der Waals surface area contributed by atoms with E-state index < -0.39 is 0 Å². The number of nitrogens with zero attached hydrogens (tertiary/aromatic N) is 4. The number of anilines is 1. The lowest BCUT2D eigenvalue weighted by molar-refractivity contribution is -0.116. The Bertz CT molecular complexity index is 906. The first-order valence-electron chi connectivity index (χ1n) is 8.48. The molecule has 0 N–H and O–H groups in total. The minimum Gasteiger partial charge on any atom is -0.416 e. The number of carbonyl (C=O) groups excluding carboxylic acids is 1. The predicted octanol–water partition coefficient (Wildman–Crippen LogP) is 3.70. The molecule has 6 nitrogen and oxygen atoms in total. The van der Waals surface area contributed by atoms with Crippen molar-refractivity contribution in [1.29, 1.82) is 5.26 Å². The SMILES string of the molecule is N#CCCN(C(=O)CSc1nnc(Cc2ccccc2)o1)c1ccccc1. The molecular formula is C20H18N4O2S. The van der Waals surface area contributed by atoms with E-state index in [2.05, 4.69) is 16.3 Å². The number of benzene rings is 2. The maximum Gasteiger partial charge on any atom is 0.277 e. The molecule has 0 unspecified atom stereocenters. The van der Waals surface area contributed by atoms with E-state index in [1.165, 1.54) is 11.8 Å². The summed E-state index contributed by atoms with van der Waals surface area (Å²) in [5.74, 6) is 0.567. The zero-order chi connectivity index (χ0) is 18.9. The van der Waals surface area contributed by atoms with Gasteiger partial charge in [-0.3, -0.25) is 4.79 Å². The molecule has 0 atom stereocenters. The lowest BCUT2D eigenvalue weighted by Gasteiger charge is -2.21. The molecule has 0 fully saturated rings. The Hall–Kier alpha value is -3.11. The second kappa shape index (κ2) is 9.55. The van der Waals surface area contributed by atoms with E-state index >= 15 is 0 Å². The molecule has 3 rings (SSSR count). The third kappa shape index (κ3) is 5.43. The number of rotatable bonds is 8. The molecule has 1 amide bonds. The van der Waals surface area contributed by atoms with Crippen molar-refractivity contribution in [2.24, 2.45) is 0 Å². The lowest BCUT2D eigenvalue weighted by Crippen LogP contribution is -2.33. The van der Waals surface area contributed by atoms with E-state index in [4.69, 9.17) is 9.68 Å². The fraction of sp³-hybridized carbons (Fsp3) is 0.200. The van der Waals surface area contributed by atoms with Crippen LogP contribution in [0.2, 0.25) is 0 Å². The Morgan fingerprint density at radius 2 is 1.78 bits per heavy atom. The fourth-order valence-electron chi connectivity index (χ4n) is 2.51. The highest BCUT2D eigenvalue weighted by Gasteiger charge is 2.17. The van der Waals surface area contributed by atoms with Crippen molar-refractivity contribution in [2.45, 2.75) is 18.1 Å². The van der Waals surface area contributed by atoms with E-state index in [-0.39, 0.29) is 18.1 Å². The number of carbonyl (C=O) groups is 1. The van der Waals surface area contributed by atoms with Crippen molar-refractivity contribution in [1.82, 2.24) is 10.2 Å². The number of hydrogen-bond acceptors (Lipinski definition) is 6. The van der Waals surface area contributed by atoms with Crippen LogP contribution in [0.25, 0.3) is 0 Å². The molecule has 0 saturated heterocycles. The quantitative estimate of drug-likeness (QED) is 0.556. The van der Waals surface area contributed by atoms with Gasteiger partial charge in [-0.1, -0.05) is 60.3 Å². The van der Waals surface area contributed by atoms with Crippen LogP contribution < -0.4 is 4.90 Å². The molecule has 0 aliphatic rings. The number of hydrogen-bond donors (Lipinski definition) is 0. The Labute approximate surface area is 161 Å². The van der Waals surface area contributed by atoms with E-state index in [9.17, 15) is 4.79 Å². The average molecular weight is 378 g/mol. The highest BCUT2D eigenvalue weighted by molar-refractivity contribution is 7.99. The van der Waals surface area contributed by atoms with Gasteiger partial charge in [0.05, 0.1) is 24.7 Å². The highest BCUT2D eigenvalue weighted by Crippen LogP contribution is 2.21. The number of aromatic nitrogens is 2. The Kier molecular flexibility index (Phi) is 6.61. The van der Waals surface area contributed by atoms with Gasteiger partial charge >= 0.3 is 0 Å². The Balaban J connectivity index is 1.59. The van der Waals surface area contributed by atoms with Crippen molar-refractivity contribution in [3.63, 3.8) is 0 Å². The van der Waals surface area contributed by atoms with Crippen molar-refractivity contribution in [3.05, 3.63) is 72.1 Å². The lowest BCUT2D eigenvalue weighted by atomic mass is 10.2. The van der Waals surface area contributed by atoms with Gasteiger partial charge < -0.3 is 9.32 Å². The van der Waals surface area contributed by atoms with Gasteiger partial charge in [-0.15, -0.1) is 10.2 Å². The van der Waals surface area contributed by atoms with Crippen molar-refractivity contribution >= 4 is 23.4 Å². The minimum atomic E-state index is -0.107. The molecule has 27 heavy (non-hydrogen) atoms. The van der Waals surface area contributed by atoms with Gasteiger partial charge in [0.1, 0.15) is 0 Å². The van der Waals surface area contributed by atoms with Gasteiger partial charge in [0.15, 0.2) is 0 Å². The van der Waals surface area contributed by atoms with E-state index in [1.807, 2.05) is 60.7 Å². The molecule has 0 aliphatic heterocycles. The average Bonchev–Trinajstić information content (AvgIpc) is 3.15. The maximum atomic E-state index is 12.6. The first kappa shape index (κ1) is 18.7. The van der Waals surface area contributed by atoms with Crippen LogP contribution in [-0.2, 0) is 11.2 Å². The second-order valence-electron chi connectivity index (χ2n) is 5.70. The van der Waals surface area contributed by atoms with Gasteiger partial charge in [-0.05, 0) is 17.7 Å². The molecule has 7 heteroatoms. The van der Waals surface area contributed by atoms with Gasteiger partial charge in [0.25, 0.3) is 5.22 Å². The monoisotopic (exact) mass is 378 g/mol. The molecule has 1 heterocycles. The van der Waals surface area contributed by atoms with Crippen LogP contribution in [0.15, 0.2) is 70.3 Å². The summed E-state index contributed by atoms with van der Waals surface area (Å²) in [7, 11) is 0. The second-order valence-corrected chi connectivity index (χ2v) is 6.63. The largest absolute Gasteiger partial charge is 0.416 e. The van der Waals surface area contributed by atoms with Gasteiger partial charge in [-0.2, -0.15) is 5.26 Å². The summed E-state index contributed by atoms with van der Waals surface area (Å²) in [6.45, 7) is 0.350. The number of amides is 1. The molecule has 0 saturated carbocycles. The van der Waals surface area contributed by atoms with Crippen LogP contribution in [0.4, 0.5) is 5.69 Å². The molecule has 0 radical (unpaired) electrons. The van der Waals surface area contributed by atoms with Gasteiger partial charge in [-0.25, -0.2) is 0 Å². The number of para-hydroxylation sites is 1. The minimum absolute atomic E-state index is 0.107. The van der Waals surface area contributed by atoms with Crippen LogP contribution in [0, 0.1) is 11.3 Å². The summed E-state index contributed by atoms with van der Waals surface area (Å²) >= 11 is 1.20. The third-order valence-corrected chi connectivity index (χ3v) is 4.58. The molecule has 3 aromatic rings. The molecule has 1 aromatic heterocycles.